The van der Waals surface area contributed by atoms with Gasteiger partial charge in [-0.25, -0.2) is 4.79 Å². The van der Waals surface area contributed by atoms with Crippen LogP contribution in [0.4, 0.5) is 0 Å². The van der Waals surface area contributed by atoms with Crippen molar-refractivity contribution in [3.63, 3.8) is 0 Å². The Morgan fingerprint density at radius 3 is 2.93 bits per heavy atom. The quantitative estimate of drug-likeness (QED) is 0.608. The summed E-state index contributed by atoms with van der Waals surface area (Å²) in [7, 11) is 1.28. The molecule has 1 aromatic heterocycles. The standard InChI is InChI=1S/C10H8O4S/c1-14-9(11)4-2-3-8-7(10(12)13)5-6-15-8/h5-6H,4H2,1H3,(H,12,13). The molecule has 0 fully saturated rings. The highest BCUT2D eigenvalue weighted by Gasteiger charge is 2.08. The molecule has 1 N–H and O–H groups in total. The number of hydrogen-bond acceptors (Lipinski definition) is 4. The zero-order valence-electron chi connectivity index (χ0n) is 7.94. The summed E-state index contributed by atoms with van der Waals surface area (Å²) in [4.78, 5) is 21.9. The van der Waals surface area contributed by atoms with E-state index >= 15 is 0 Å². The van der Waals surface area contributed by atoms with Gasteiger partial charge >= 0.3 is 11.9 Å². The van der Waals surface area contributed by atoms with Crippen LogP contribution < -0.4 is 0 Å². The molecule has 0 aliphatic heterocycles. The Kier molecular flexibility index (Phi) is 3.89. The molecule has 0 amide bonds. The predicted molar refractivity (Wildman–Crippen MR) is 54.8 cm³/mol. The van der Waals surface area contributed by atoms with Crippen molar-refractivity contribution in [1.29, 1.82) is 0 Å². The molecule has 0 saturated heterocycles. The second kappa shape index (κ2) is 5.17. The van der Waals surface area contributed by atoms with Crippen molar-refractivity contribution in [3.8, 4) is 11.8 Å². The summed E-state index contributed by atoms with van der Waals surface area (Å²) in [6, 6.07) is 1.48. The number of carboxylic acid groups (broad SMARTS) is 1. The minimum absolute atomic E-state index is 0.0343. The van der Waals surface area contributed by atoms with Crippen LogP contribution in [0.1, 0.15) is 21.7 Å². The summed E-state index contributed by atoms with van der Waals surface area (Å²) < 4.78 is 4.39. The van der Waals surface area contributed by atoms with Gasteiger partial charge < -0.3 is 9.84 Å². The molecule has 15 heavy (non-hydrogen) atoms. The Morgan fingerprint density at radius 2 is 2.33 bits per heavy atom. The van der Waals surface area contributed by atoms with E-state index in [9.17, 15) is 9.59 Å². The van der Waals surface area contributed by atoms with E-state index in [1.165, 1.54) is 24.5 Å². The van der Waals surface area contributed by atoms with Crippen molar-refractivity contribution in [2.75, 3.05) is 7.11 Å². The molecule has 0 unspecified atom stereocenters. The summed E-state index contributed by atoms with van der Waals surface area (Å²) in [5, 5.41) is 10.4. The minimum atomic E-state index is -1.02. The van der Waals surface area contributed by atoms with Gasteiger partial charge in [0.1, 0.15) is 6.42 Å². The van der Waals surface area contributed by atoms with Gasteiger partial charge in [-0.1, -0.05) is 11.8 Å². The first-order chi connectivity index (χ1) is 7.15. The topological polar surface area (TPSA) is 63.6 Å². The van der Waals surface area contributed by atoms with Gasteiger partial charge in [-0.05, 0) is 11.4 Å². The van der Waals surface area contributed by atoms with Gasteiger partial charge in [0, 0.05) is 0 Å². The maximum atomic E-state index is 10.7. The summed E-state index contributed by atoms with van der Waals surface area (Å²) in [6.07, 6.45) is -0.0343. The lowest BCUT2D eigenvalue weighted by Gasteiger charge is -1.90. The van der Waals surface area contributed by atoms with Crippen LogP contribution in [0.3, 0.4) is 0 Å². The number of methoxy groups -OCH3 is 1. The van der Waals surface area contributed by atoms with Crippen molar-refractivity contribution < 1.29 is 19.4 Å². The van der Waals surface area contributed by atoms with Crippen molar-refractivity contribution in [3.05, 3.63) is 21.9 Å². The lowest BCUT2D eigenvalue weighted by molar-refractivity contribution is -0.139. The molecule has 0 aliphatic carbocycles. The monoisotopic (exact) mass is 224 g/mol. The Labute approximate surface area is 90.5 Å². The Bertz CT molecular complexity index is 436. The number of rotatable bonds is 2. The fourth-order valence-electron chi connectivity index (χ4n) is 0.843. The van der Waals surface area contributed by atoms with Crippen LogP contribution in [0.15, 0.2) is 11.4 Å². The van der Waals surface area contributed by atoms with E-state index in [0.29, 0.717) is 4.88 Å². The number of aromatic carboxylic acids is 1. The van der Waals surface area contributed by atoms with Crippen molar-refractivity contribution in [1.82, 2.24) is 0 Å². The molecule has 0 aliphatic rings. The van der Waals surface area contributed by atoms with Crippen LogP contribution in [0.5, 0.6) is 0 Å². The number of carbonyl (C=O) groups is 2. The van der Waals surface area contributed by atoms with E-state index in [-0.39, 0.29) is 12.0 Å². The van der Waals surface area contributed by atoms with Crippen LogP contribution in [-0.2, 0) is 9.53 Å². The number of thiophene rings is 1. The molecule has 4 nitrogen and oxygen atoms in total. The number of carboxylic acids is 1. The van der Waals surface area contributed by atoms with E-state index in [2.05, 4.69) is 16.6 Å². The third kappa shape index (κ3) is 3.11. The zero-order valence-corrected chi connectivity index (χ0v) is 8.76. The van der Waals surface area contributed by atoms with Gasteiger partial charge in [-0.15, -0.1) is 11.3 Å². The molecule has 0 saturated carbocycles. The SMILES string of the molecule is COC(=O)CC#Cc1sccc1C(=O)O. The Hall–Kier alpha value is -1.80. The molecule has 78 valence electrons. The third-order valence-corrected chi connectivity index (χ3v) is 2.39. The van der Waals surface area contributed by atoms with Crippen LogP contribution in [0, 0.1) is 11.8 Å². The maximum absolute atomic E-state index is 10.7. The molecule has 0 aromatic carbocycles. The largest absolute Gasteiger partial charge is 0.478 e. The van der Waals surface area contributed by atoms with Gasteiger partial charge in [0.15, 0.2) is 0 Å². The van der Waals surface area contributed by atoms with Crippen LogP contribution >= 0.6 is 11.3 Å². The number of ether oxygens (including phenoxy) is 1. The second-order valence-electron chi connectivity index (χ2n) is 2.52. The molecule has 5 heteroatoms. The van der Waals surface area contributed by atoms with Crippen molar-refractivity contribution >= 4 is 23.3 Å². The lowest BCUT2D eigenvalue weighted by Crippen LogP contribution is -1.98. The highest BCUT2D eigenvalue weighted by molar-refractivity contribution is 7.10. The van der Waals surface area contributed by atoms with Crippen LogP contribution in [0.2, 0.25) is 0 Å². The smallest absolute Gasteiger partial charge is 0.337 e. The minimum Gasteiger partial charge on any atom is -0.478 e. The average molecular weight is 224 g/mol. The maximum Gasteiger partial charge on any atom is 0.337 e. The van der Waals surface area contributed by atoms with Gasteiger partial charge in [0.25, 0.3) is 0 Å². The van der Waals surface area contributed by atoms with Gasteiger partial charge in [0.2, 0.25) is 0 Å². The molecule has 0 radical (unpaired) electrons. The first-order valence-electron chi connectivity index (χ1n) is 4.01. The van der Waals surface area contributed by atoms with E-state index in [4.69, 9.17) is 5.11 Å². The fraction of sp³-hybridized carbons (Fsp3) is 0.200. The summed E-state index contributed by atoms with van der Waals surface area (Å²) in [6.45, 7) is 0. The van der Waals surface area contributed by atoms with E-state index < -0.39 is 11.9 Å². The number of carbonyl (C=O) groups excluding carboxylic acids is 1. The van der Waals surface area contributed by atoms with E-state index in [0.717, 1.165) is 0 Å². The molecule has 1 rings (SSSR count). The van der Waals surface area contributed by atoms with Gasteiger partial charge in [0.05, 0.1) is 17.6 Å². The predicted octanol–water partition coefficient (Wildman–Crippen LogP) is 1.36. The summed E-state index contributed by atoms with van der Waals surface area (Å²) in [5.74, 6) is 3.73. The number of hydrogen-bond donors (Lipinski definition) is 1. The molecule has 1 heterocycles. The Balaban J connectivity index is 2.76. The molecule has 1 aromatic rings. The highest BCUT2D eigenvalue weighted by Crippen LogP contribution is 2.15. The van der Waals surface area contributed by atoms with E-state index in [1.54, 1.807) is 5.38 Å². The number of esters is 1. The molecular weight excluding hydrogens is 216 g/mol. The Morgan fingerprint density at radius 1 is 1.60 bits per heavy atom. The second-order valence-corrected chi connectivity index (χ2v) is 3.44. The highest BCUT2D eigenvalue weighted by atomic mass is 32.1. The van der Waals surface area contributed by atoms with Gasteiger partial charge in [-0.2, -0.15) is 0 Å². The van der Waals surface area contributed by atoms with Crippen LogP contribution in [0.25, 0.3) is 0 Å². The normalized spacial score (nSPS) is 8.87. The first kappa shape index (κ1) is 11.3. The summed E-state index contributed by atoms with van der Waals surface area (Å²) in [5.41, 5.74) is 0.164. The molecule has 0 bridgehead atoms. The third-order valence-electron chi connectivity index (χ3n) is 1.56. The zero-order chi connectivity index (χ0) is 11.3. The van der Waals surface area contributed by atoms with Crippen LogP contribution in [-0.4, -0.2) is 24.2 Å². The molecular formula is C10H8O4S. The van der Waals surface area contributed by atoms with E-state index in [1.807, 2.05) is 0 Å². The molecule has 0 spiro atoms. The fourth-order valence-corrected chi connectivity index (χ4v) is 1.60. The lowest BCUT2D eigenvalue weighted by atomic mass is 10.2. The van der Waals surface area contributed by atoms with Gasteiger partial charge in [-0.3, -0.25) is 4.79 Å². The van der Waals surface area contributed by atoms with Crippen molar-refractivity contribution in [2.24, 2.45) is 0 Å². The summed E-state index contributed by atoms with van der Waals surface area (Å²) >= 11 is 1.23. The average Bonchev–Trinajstić information content (AvgIpc) is 2.65. The first-order valence-corrected chi connectivity index (χ1v) is 4.89. The molecule has 0 atom stereocenters. The van der Waals surface area contributed by atoms with Crippen molar-refractivity contribution in [2.45, 2.75) is 6.42 Å².